The van der Waals surface area contributed by atoms with Gasteiger partial charge in [0, 0.05) is 12.7 Å². The van der Waals surface area contributed by atoms with Crippen LogP contribution in [0.15, 0.2) is 30.3 Å². The molecular formula is C33H49F3O7. The Bertz CT molecular complexity index is 1100. The van der Waals surface area contributed by atoms with E-state index in [1.165, 1.54) is 18.2 Å². The topological polar surface area (TPSA) is 88.1 Å². The highest BCUT2D eigenvalue weighted by molar-refractivity contribution is 5.83. The van der Waals surface area contributed by atoms with Crippen LogP contribution >= 0.6 is 0 Å². The molecule has 0 bridgehead atoms. The second-order valence-corrected chi connectivity index (χ2v) is 14.5. The number of methoxy groups -OCH3 is 1. The maximum absolute atomic E-state index is 14.5. The predicted molar refractivity (Wildman–Crippen MR) is 156 cm³/mol. The first-order chi connectivity index (χ1) is 19.6. The second-order valence-electron chi connectivity index (χ2n) is 14.5. The third-order valence-corrected chi connectivity index (χ3v) is 8.22. The number of benzene rings is 1. The van der Waals surface area contributed by atoms with Crippen molar-refractivity contribution in [2.24, 2.45) is 28.1 Å². The van der Waals surface area contributed by atoms with Crippen molar-refractivity contribution < 1.29 is 46.5 Å². The molecule has 2 rings (SSSR count). The van der Waals surface area contributed by atoms with Gasteiger partial charge in [-0.15, -0.1) is 0 Å². The summed E-state index contributed by atoms with van der Waals surface area (Å²) in [6.45, 7) is 16.2. The highest BCUT2D eigenvalue weighted by atomic mass is 19.4. The van der Waals surface area contributed by atoms with E-state index in [9.17, 15) is 27.6 Å². The summed E-state index contributed by atoms with van der Waals surface area (Å²) in [4.78, 5) is 38.5. The number of hydrogen-bond acceptors (Lipinski definition) is 7. The fourth-order valence-corrected chi connectivity index (χ4v) is 5.81. The molecule has 0 saturated heterocycles. The Morgan fingerprint density at radius 2 is 1.49 bits per heavy atom. The van der Waals surface area contributed by atoms with Gasteiger partial charge in [0.2, 0.25) is 0 Å². The monoisotopic (exact) mass is 614 g/mol. The van der Waals surface area contributed by atoms with E-state index in [4.69, 9.17) is 18.9 Å². The van der Waals surface area contributed by atoms with Gasteiger partial charge in [-0.05, 0) is 84.5 Å². The number of alkyl halides is 3. The van der Waals surface area contributed by atoms with Gasteiger partial charge in [0.15, 0.2) is 0 Å². The van der Waals surface area contributed by atoms with Crippen molar-refractivity contribution in [1.29, 1.82) is 0 Å². The molecule has 0 heterocycles. The van der Waals surface area contributed by atoms with Crippen LogP contribution in [-0.4, -0.2) is 50.0 Å². The van der Waals surface area contributed by atoms with E-state index in [0.717, 1.165) is 19.2 Å². The molecule has 1 aliphatic rings. The number of carbonyl (C=O) groups excluding carboxylic acids is 3. The summed E-state index contributed by atoms with van der Waals surface area (Å²) in [6, 6.07) is 6.60. The summed E-state index contributed by atoms with van der Waals surface area (Å²) in [5, 5.41) is 0. The zero-order chi connectivity index (χ0) is 33.0. The number of carbonyl (C=O) groups is 3. The summed E-state index contributed by atoms with van der Waals surface area (Å²) >= 11 is 0. The molecule has 0 radical (unpaired) electrons. The van der Waals surface area contributed by atoms with Crippen molar-refractivity contribution >= 4 is 17.9 Å². The quantitative estimate of drug-likeness (QED) is 0.200. The molecule has 1 saturated carbocycles. The molecule has 1 aromatic carbocycles. The van der Waals surface area contributed by atoms with E-state index < -0.39 is 52.8 Å². The molecule has 1 aromatic rings. The Labute approximate surface area is 254 Å². The highest BCUT2D eigenvalue weighted by Gasteiger charge is 2.64. The van der Waals surface area contributed by atoms with Crippen LogP contribution in [0.1, 0.15) is 93.6 Å². The van der Waals surface area contributed by atoms with E-state index in [2.05, 4.69) is 20.8 Å². The van der Waals surface area contributed by atoms with Gasteiger partial charge in [-0.1, -0.05) is 51.1 Å². The molecule has 0 unspecified atom stereocenters. The summed E-state index contributed by atoms with van der Waals surface area (Å²) < 4.78 is 65.2. The van der Waals surface area contributed by atoms with Crippen LogP contribution in [0.4, 0.5) is 13.2 Å². The molecule has 0 N–H and O–H groups in total. The molecule has 7 nitrogen and oxygen atoms in total. The standard InChI is InChI=1S/C33H49F3O7/c1-21-18-24(43-27(38)30(5,6)7)19-31(8,9)25(21)17-16-23(20-41-26(37)29(2,3)4)42-28(39)32(40-10,33(34,35)36)22-14-12-11-13-15-22/h11-15,21,23-25H,16-20H2,1-10H3/t21-,23+,24+,25+,32+/m1/s1. The van der Waals surface area contributed by atoms with Crippen LogP contribution in [0.2, 0.25) is 0 Å². The average Bonchev–Trinajstić information content (AvgIpc) is 2.85. The van der Waals surface area contributed by atoms with E-state index >= 15 is 0 Å². The van der Waals surface area contributed by atoms with Crippen molar-refractivity contribution in [3.63, 3.8) is 0 Å². The highest BCUT2D eigenvalue weighted by Crippen LogP contribution is 2.48. The third-order valence-electron chi connectivity index (χ3n) is 8.22. The van der Waals surface area contributed by atoms with Crippen molar-refractivity contribution in [3.8, 4) is 0 Å². The molecule has 1 fully saturated rings. The molecule has 43 heavy (non-hydrogen) atoms. The first-order valence-corrected chi connectivity index (χ1v) is 14.8. The Kier molecular flexibility index (Phi) is 11.5. The minimum absolute atomic E-state index is 0.0699. The minimum Gasteiger partial charge on any atom is -0.462 e. The zero-order valence-corrected chi connectivity index (χ0v) is 27.2. The molecule has 244 valence electrons. The molecule has 5 atom stereocenters. The maximum Gasteiger partial charge on any atom is 0.432 e. The van der Waals surface area contributed by atoms with Gasteiger partial charge in [-0.25, -0.2) is 4.79 Å². The van der Waals surface area contributed by atoms with Crippen LogP contribution in [0.3, 0.4) is 0 Å². The van der Waals surface area contributed by atoms with Gasteiger partial charge >= 0.3 is 24.1 Å². The lowest BCUT2D eigenvalue weighted by Crippen LogP contribution is -2.53. The number of halogens is 3. The lowest BCUT2D eigenvalue weighted by molar-refractivity contribution is -0.279. The lowest BCUT2D eigenvalue weighted by Gasteiger charge is -2.46. The fourth-order valence-electron chi connectivity index (χ4n) is 5.81. The Hall–Kier alpha value is -2.62. The first-order valence-electron chi connectivity index (χ1n) is 14.8. The average molecular weight is 615 g/mol. The largest absolute Gasteiger partial charge is 0.462 e. The van der Waals surface area contributed by atoms with Crippen molar-refractivity contribution in [1.82, 2.24) is 0 Å². The molecule has 0 aromatic heterocycles. The van der Waals surface area contributed by atoms with E-state index in [-0.39, 0.29) is 35.7 Å². The van der Waals surface area contributed by atoms with Crippen molar-refractivity contribution in [2.75, 3.05) is 13.7 Å². The van der Waals surface area contributed by atoms with Crippen LogP contribution in [0.25, 0.3) is 0 Å². The van der Waals surface area contributed by atoms with Gasteiger partial charge in [0.1, 0.15) is 18.8 Å². The number of rotatable bonds is 10. The molecule has 0 spiro atoms. The van der Waals surface area contributed by atoms with Gasteiger partial charge in [-0.2, -0.15) is 13.2 Å². The Balaban J connectivity index is 2.30. The number of ether oxygens (including phenoxy) is 4. The third kappa shape index (κ3) is 8.96. The summed E-state index contributed by atoms with van der Waals surface area (Å²) in [6.07, 6.45) is -4.66. The molecule has 0 aliphatic heterocycles. The van der Waals surface area contributed by atoms with Gasteiger partial charge in [0.25, 0.3) is 5.60 Å². The summed E-state index contributed by atoms with van der Waals surface area (Å²) in [5.41, 5.74) is -5.55. The molecule has 0 amide bonds. The normalized spacial score (nSPS) is 23.0. The summed E-state index contributed by atoms with van der Waals surface area (Å²) in [7, 11) is 0.811. The van der Waals surface area contributed by atoms with E-state index in [1.807, 2.05) is 0 Å². The SMILES string of the molecule is CO[C@](C(=O)O[C@@H](CC[C@H]1[C@H](C)C[C@H](OC(=O)C(C)(C)C)CC1(C)C)COC(=O)C(C)(C)C)(c1ccccc1)C(F)(F)F. The number of esters is 3. The lowest BCUT2D eigenvalue weighted by atomic mass is 9.61. The molecular weight excluding hydrogens is 565 g/mol. The zero-order valence-electron chi connectivity index (χ0n) is 27.2. The van der Waals surface area contributed by atoms with Crippen LogP contribution in [0, 0.1) is 28.1 Å². The Morgan fingerprint density at radius 1 is 0.930 bits per heavy atom. The first kappa shape index (κ1) is 36.6. The van der Waals surface area contributed by atoms with Crippen molar-refractivity contribution in [3.05, 3.63) is 35.9 Å². The fraction of sp³-hybridized carbons (Fsp3) is 0.727. The van der Waals surface area contributed by atoms with E-state index in [0.29, 0.717) is 19.3 Å². The van der Waals surface area contributed by atoms with Crippen molar-refractivity contribution in [2.45, 2.75) is 112 Å². The second kappa shape index (κ2) is 13.6. The predicted octanol–water partition coefficient (Wildman–Crippen LogP) is 7.40. The summed E-state index contributed by atoms with van der Waals surface area (Å²) in [5.74, 6) is -2.29. The van der Waals surface area contributed by atoms with Crippen LogP contribution < -0.4 is 0 Å². The molecule has 1 aliphatic carbocycles. The van der Waals surface area contributed by atoms with Gasteiger partial charge in [-0.3, -0.25) is 9.59 Å². The van der Waals surface area contributed by atoms with Gasteiger partial charge in [0.05, 0.1) is 10.8 Å². The van der Waals surface area contributed by atoms with Crippen LogP contribution in [-0.2, 0) is 38.9 Å². The Morgan fingerprint density at radius 3 is 1.95 bits per heavy atom. The van der Waals surface area contributed by atoms with Crippen LogP contribution in [0.5, 0.6) is 0 Å². The van der Waals surface area contributed by atoms with Gasteiger partial charge < -0.3 is 18.9 Å². The molecule has 10 heteroatoms. The smallest absolute Gasteiger partial charge is 0.432 e. The minimum atomic E-state index is -5.13. The maximum atomic E-state index is 14.5. The number of hydrogen-bond donors (Lipinski definition) is 0. The van der Waals surface area contributed by atoms with E-state index in [1.54, 1.807) is 41.5 Å².